The molecule has 31 heavy (non-hydrogen) atoms. The minimum absolute atomic E-state index is 0.0948. The Morgan fingerprint density at radius 1 is 1.16 bits per heavy atom. The van der Waals surface area contributed by atoms with Crippen molar-refractivity contribution in [2.45, 2.75) is 25.0 Å². The van der Waals surface area contributed by atoms with Crippen molar-refractivity contribution in [3.8, 4) is 0 Å². The molecule has 0 aromatic heterocycles. The molecule has 1 fully saturated rings. The Hall–Kier alpha value is -2.24. The summed E-state index contributed by atoms with van der Waals surface area (Å²) >= 11 is 11.8. The molecule has 0 aliphatic carbocycles. The topological polar surface area (TPSA) is 108 Å². The molecule has 0 saturated carbocycles. The lowest BCUT2D eigenvalue weighted by Crippen LogP contribution is -2.62. The first kappa shape index (κ1) is 23.4. The molecule has 3 rings (SSSR count). The van der Waals surface area contributed by atoms with Gasteiger partial charge in [0.15, 0.2) is 0 Å². The standard InChI is InChI=1S/C19H19Cl2FN4O4S/c1-26-17(19(28)24-12-6-7-15(22)14(21)8-12)9-16(25-31(26,29)30)18(27)23-10-11-4-2-3-5-13(11)20/h2-8,16-17,25H,9-10H2,1H3,(H,23,27)(H,24,28). The molecule has 0 spiro atoms. The summed E-state index contributed by atoms with van der Waals surface area (Å²) in [6, 6.07) is 8.13. The summed E-state index contributed by atoms with van der Waals surface area (Å²) in [7, 11) is -2.87. The molecule has 1 aliphatic rings. The predicted octanol–water partition coefficient (Wildman–Crippen LogP) is 2.29. The van der Waals surface area contributed by atoms with Crippen molar-refractivity contribution in [1.82, 2.24) is 14.3 Å². The SMILES string of the molecule is CN1C(C(=O)Nc2ccc(F)c(Cl)c2)CC(C(=O)NCc2ccccc2Cl)NS1(=O)=O. The van der Waals surface area contributed by atoms with Crippen LogP contribution < -0.4 is 15.4 Å². The van der Waals surface area contributed by atoms with E-state index in [4.69, 9.17) is 23.2 Å². The smallest absolute Gasteiger partial charge is 0.280 e. The summed E-state index contributed by atoms with van der Waals surface area (Å²) in [6.45, 7) is 0.0948. The van der Waals surface area contributed by atoms with E-state index in [0.29, 0.717) is 10.6 Å². The lowest BCUT2D eigenvalue weighted by atomic mass is 10.1. The van der Waals surface area contributed by atoms with Crippen molar-refractivity contribution in [3.05, 3.63) is 63.9 Å². The number of carbonyl (C=O) groups excluding carboxylic acids is 2. The Morgan fingerprint density at radius 2 is 1.87 bits per heavy atom. The molecule has 8 nitrogen and oxygen atoms in total. The molecular formula is C19H19Cl2FN4O4S. The monoisotopic (exact) mass is 488 g/mol. The highest BCUT2D eigenvalue weighted by Gasteiger charge is 2.42. The second kappa shape index (κ2) is 9.49. The number of hydrogen-bond donors (Lipinski definition) is 3. The van der Waals surface area contributed by atoms with Crippen LogP contribution in [-0.4, -0.2) is 43.7 Å². The molecule has 2 aromatic rings. The van der Waals surface area contributed by atoms with Gasteiger partial charge in [0.1, 0.15) is 17.9 Å². The number of carbonyl (C=O) groups is 2. The van der Waals surface area contributed by atoms with Crippen LogP contribution in [0, 0.1) is 5.82 Å². The summed E-state index contributed by atoms with van der Waals surface area (Å²) < 4.78 is 41.3. The molecule has 2 atom stereocenters. The molecule has 12 heteroatoms. The highest BCUT2D eigenvalue weighted by atomic mass is 35.5. The summed E-state index contributed by atoms with van der Waals surface area (Å²) in [4.78, 5) is 25.3. The average molecular weight is 489 g/mol. The Labute approximate surface area is 188 Å². The molecule has 166 valence electrons. The number of amides is 2. The molecule has 0 radical (unpaired) electrons. The van der Waals surface area contributed by atoms with E-state index in [1.165, 1.54) is 19.2 Å². The van der Waals surface area contributed by atoms with Gasteiger partial charge in [-0.05, 0) is 36.2 Å². The van der Waals surface area contributed by atoms with Gasteiger partial charge in [0.2, 0.25) is 11.8 Å². The number of nitrogens with one attached hydrogen (secondary N) is 3. The van der Waals surface area contributed by atoms with Gasteiger partial charge >= 0.3 is 0 Å². The van der Waals surface area contributed by atoms with Gasteiger partial charge in [0.25, 0.3) is 10.2 Å². The zero-order valence-electron chi connectivity index (χ0n) is 16.2. The van der Waals surface area contributed by atoms with E-state index in [-0.39, 0.29) is 23.7 Å². The van der Waals surface area contributed by atoms with Crippen LogP contribution in [0.4, 0.5) is 10.1 Å². The highest BCUT2D eigenvalue weighted by Crippen LogP contribution is 2.22. The van der Waals surface area contributed by atoms with Crippen molar-refractivity contribution in [2.75, 3.05) is 12.4 Å². The quantitative estimate of drug-likeness (QED) is 0.599. The number of nitrogens with zero attached hydrogens (tertiary/aromatic N) is 1. The van der Waals surface area contributed by atoms with Gasteiger partial charge in [-0.1, -0.05) is 41.4 Å². The fourth-order valence-corrected chi connectivity index (χ4v) is 4.66. The molecule has 2 unspecified atom stereocenters. The zero-order chi connectivity index (χ0) is 22.8. The average Bonchev–Trinajstić information content (AvgIpc) is 2.71. The van der Waals surface area contributed by atoms with Crippen LogP contribution in [0.25, 0.3) is 0 Å². The van der Waals surface area contributed by atoms with E-state index < -0.39 is 39.9 Å². The summed E-state index contributed by atoms with van der Waals surface area (Å²) in [5, 5.41) is 5.39. The van der Waals surface area contributed by atoms with Gasteiger partial charge < -0.3 is 10.6 Å². The Bertz CT molecular complexity index is 1120. The lowest BCUT2D eigenvalue weighted by Gasteiger charge is -2.35. The Balaban J connectivity index is 1.72. The summed E-state index contributed by atoms with van der Waals surface area (Å²) in [5.74, 6) is -1.94. The molecule has 1 heterocycles. The van der Waals surface area contributed by atoms with Crippen LogP contribution in [0.5, 0.6) is 0 Å². The number of likely N-dealkylation sites (N-methyl/N-ethyl adjacent to an activating group) is 1. The minimum Gasteiger partial charge on any atom is -0.351 e. The van der Waals surface area contributed by atoms with E-state index in [0.717, 1.165) is 10.4 Å². The second-order valence-corrected chi connectivity index (χ2v) is 9.45. The minimum atomic E-state index is -4.10. The second-order valence-electron chi connectivity index (χ2n) is 6.87. The predicted molar refractivity (Wildman–Crippen MR) is 115 cm³/mol. The summed E-state index contributed by atoms with van der Waals surface area (Å²) in [6.07, 6.45) is -0.120. The first-order valence-electron chi connectivity index (χ1n) is 9.11. The largest absolute Gasteiger partial charge is 0.351 e. The van der Waals surface area contributed by atoms with Crippen LogP contribution in [0.3, 0.4) is 0 Å². The van der Waals surface area contributed by atoms with Gasteiger partial charge in [-0.3, -0.25) is 9.59 Å². The maximum Gasteiger partial charge on any atom is 0.280 e. The van der Waals surface area contributed by atoms with E-state index in [2.05, 4.69) is 15.4 Å². The van der Waals surface area contributed by atoms with E-state index >= 15 is 0 Å². The van der Waals surface area contributed by atoms with Crippen LogP contribution in [-0.2, 0) is 26.3 Å². The molecule has 0 bridgehead atoms. The fourth-order valence-electron chi connectivity index (χ4n) is 3.03. The van der Waals surface area contributed by atoms with Crippen LogP contribution >= 0.6 is 23.2 Å². The number of anilines is 1. The Morgan fingerprint density at radius 3 is 2.55 bits per heavy atom. The molecule has 1 aliphatic heterocycles. The van der Waals surface area contributed by atoms with Crippen LogP contribution in [0.2, 0.25) is 10.0 Å². The van der Waals surface area contributed by atoms with Crippen LogP contribution in [0.15, 0.2) is 42.5 Å². The summed E-state index contributed by atoms with van der Waals surface area (Å²) in [5.41, 5.74) is 0.858. The maximum atomic E-state index is 13.3. The molecule has 2 aromatic carbocycles. The van der Waals surface area contributed by atoms with Crippen molar-refractivity contribution in [1.29, 1.82) is 0 Å². The van der Waals surface area contributed by atoms with Gasteiger partial charge in [-0.2, -0.15) is 17.4 Å². The van der Waals surface area contributed by atoms with Crippen molar-refractivity contribution in [3.63, 3.8) is 0 Å². The van der Waals surface area contributed by atoms with E-state index in [9.17, 15) is 22.4 Å². The third-order valence-electron chi connectivity index (χ3n) is 4.79. The van der Waals surface area contributed by atoms with Crippen molar-refractivity contribution < 1.29 is 22.4 Å². The fraction of sp³-hybridized carbons (Fsp3) is 0.263. The van der Waals surface area contributed by atoms with Gasteiger partial charge in [-0.25, -0.2) is 4.39 Å². The number of rotatable bonds is 5. The first-order valence-corrected chi connectivity index (χ1v) is 11.3. The molecular weight excluding hydrogens is 470 g/mol. The highest BCUT2D eigenvalue weighted by molar-refractivity contribution is 7.87. The van der Waals surface area contributed by atoms with Crippen LogP contribution in [0.1, 0.15) is 12.0 Å². The zero-order valence-corrected chi connectivity index (χ0v) is 18.6. The number of hydrogen-bond acceptors (Lipinski definition) is 4. The third kappa shape index (κ3) is 5.52. The van der Waals surface area contributed by atoms with E-state index in [1.54, 1.807) is 24.3 Å². The normalized spacial score (nSPS) is 20.8. The van der Waals surface area contributed by atoms with E-state index in [1.807, 2.05) is 0 Å². The van der Waals surface area contributed by atoms with Crippen molar-refractivity contribution in [2.24, 2.45) is 0 Å². The van der Waals surface area contributed by atoms with Gasteiger partial charge in [0, 0.05) is 24.3 Å². The van der Waals surface area contributed by atoms with Gasteiger partial charge in [-0.15, -0.1) is 0 Å². The molecule has 3 N–H and O–H groups in total. The number of halogens is 3. The lowest BCUT2D eigenvalue weighted by molar-refractivity contribution is -0.124. The maximum absolute atomic E-state index is 13.3. The Kier molecular flexibility index (Phi) is 7.17. The molecule has 2 amide bonds. The molecule has 1 saturated heterocycles. The first-order chi connectivity index (χ1) is 14.6. The van der Waals surface area contributed by atoms with Crippen molar-refractivity contribution >= 4 is 50.9 Å². The third-order valence-corrected chi connectivity index (χ3v) is 7.04. The van der Waals surface area contributed by atoms with Gasteiger partial charge in [0.05, 0.1) is 5.02 Å². The number of benzene rings is 2.